The second kappa shape index (κ2) is 9.13. The fraction of sp³-hybridized carbons (Fsp3) is 0.438. The molecule has 3 nitrogen and oxygen atoms in total. The van der Waals surface area contributed by atoms with E-state index in [1.54, 1.807) is 0 Å². The van der Waals surface area contributed by atoms with E-state index in [-0.39, 0.29) is 5.56 Å². The van der Waals surface area contributed by atoms with Crippen molar-refractivity contribution in [1.82, 2.24) is 0 Å². The van der Waals surface area contributed by atoms with Crippen molar-refractivity contribution in [1.29, 1.82) is 0 Å². The molecule has 1 aromatic rings. The third-order valence-corrected chi connectivity index (χ3v) is 2.94. The molecule has 1 rings (SSSR count). The normalized spacial score (nSPS) is 10.9. The molecule has 20 heavy (non-hydrogen) atoms. The van der Waals surface area contributed by atoms with Crippen LogP contribution in [0.3, 0.4) is 0 Å². The van der Waals surface area contributed by atoms with Crippen molar-refractivity contribution >= 4 is 5.91 Å². The first-order chi connectivity index (χ1) is 9.65. The van der Waals surface area contributed by atoms with Crippen LogP contribution in [0.1, 0.15) is 49.4 Å². The van der Waals surface area contributed by atoms with Gasteiger partial charge in [-0.05, 0) is 31.0 Å². The predicted octanol–water partition coefficient (Wildman–Crippen LogP) is 3.83. The number of allylic oxidation sites excluding steroid dienone is 1. The molecule has 110 valence electrons. The largest absolute Gasteiger partial charge is 0.490 e. The van der Waals surface area contributed by atoms with E-state index in [0.29, 0.717) is 12.4 Å². The number of halogens is 1. The quantitative estimate of drug-likeness (QED) is 0.551. The molecular formula is C16H22FNO2. The van der Waals surface area contributed by atoms with Gasteiger partial charge < -0.3 is 10.5 Å². The monoisotopic (exact) mass is 279 g/mol. The number of hydrogen-bond donors (Lipinski definition) is 1. The maximum absolute atomic E-state index is 13.2. The molecular weight excluding hydrogens is 257 g/mol. The number of nitrogens with two attached hydrogens (primary N) is 1. The zero-order valence-electron chi connectivity index (χ0n) is 11.9. The number of hydrogen-bond acceptors (Lipinski definition) is 2. The maximum atomic E-state index is 13.2. The van der Waals surface area contributed by atoms with E-state index in [1.807, 2.05) is 6.08 Å². The maximum Gasteiger partial charge on any atom is 0.251 e. The number of rotatable bonds is 9. The highest BCUT2D eigenvalue weighted by Gasteiger charge is 2.09. The van der Waals surface area contributed by atoms with Crippen molar-refractivity contribution in [2.24, 2.45) is 5.73 Å². The summed E-state index contributed by atoms with van der Waals surface area (Å²) < 4.78 is 18.7. The first-order valence-electron chi connectivity index (χ1n) is 7.02. The van der Waals surface area contributed by atoms with E-state index in [4.69, 9.17) is 10.5 Å². The van der Waals surface area contributed by atoms with Crippen LogP contribution in [-0.2, 0) is 0 Å². The molecule has 0 aliphatic heterocycles. The van der Waals surface area contributed by atoms with Crippen molar-refractivity contribution in [3.8, 4) is 5.75 Å². The summed E-state index contributed by atoms with van der Waals surface area (Å²) in [6, 6.07) is 3.99. The highest BCUT2D eigenvalue weighted by Crippen LogP contribution is 2.16. The van der Waals surface area contributed by atoms with Gasteiger partial charge in [-0.2, -0.15) is 0 Å². The molecule has 0 aromatic heterocycles. The van der Waals surface area contributed by atoms with Gasteiger partial charge in [0.05, 0.1) is 5.56 Å². The fourth-order valence-electron chi connectivity index (χ4n) is 1.80. The zero-order chi connectivity index (χ0) is 14.8. The lowest BCUT2D eigenvalue weighted by Crippen LogP contribution is -2.13. The molecule has 0 saturated carbocycles. The number of amides is 1. The van der Waals surface area contributed by atoms with Crippen LogP contribution < -0.4 is 10.5 Å². The van der Waals surface area contributed by atoms with Crippen LogP contribution in [0.5, 0.6) is 5.75 Å². The third-order valence-electron chi connectivity index (χ3n) is 2.94. The number of carbonyl (C=O) groups excluding carboxylic acids is 1. The van der Waals surface area contributed by atoms with E-state index in [9.17, 15) is 9.18 Å². The standard InChI is InChI=1S/C16H22FNO2/c1-2-3-4-5-6-7-8-11-20-13-9-10-15(17)14(12-13)16(18)19/h7-10,12H,2-6,11H2,1H3,(H2,18,19). The van der Waals surface area contributed by atoms with Crippen LogP contribution >= 0.6 is 0 Å². The van der Waals surface area contributed by atoms with Gasteiger partial charge in [-0.1, -0.05) is 38.3 Å². The van der Waals surface area contributed by atoms with Gasteiger partial charge >= 0.3 is 0 Å². The highest BCUT2D eigenvalue weighted by atomic mass is 19.1. The van der Waals surface area contributed by atoms with Crippen molar-refractivity contribution in [3.05, 3.63) is 41.7 Å². The number of ether oxygens (including phenoxy) is 1. The average Bonchev–Trinajstić information content (AvgIpc) is 2.43. The molecule has 0 bridgehead atoms. The van der Waals surface area contributed by atoms with Gasteiger partial charge in [0, 0.05) is 0 Å². The van der Waals surface area contributed by atoms with Crippen LogP contribution in [0, 0.1) is 5.82 Å². The number of primary amides is 1. The predicted molar refractivity (Wildman–Crippen MR) is 78.3 cm³/mol. The Bertz CT molecular complexity index is 458. The molecule has 0 aliphatic carbocycles. The van der Waals surface area contributed by atoms with E-state index in [1.165, 1.54) is 43.9 Å². The Balaban J connectivity index is 2.33. The Morgan fingerprint density at radius 3 is 2.80 bits per heavy atom. The van der Waals surface area contributed by atoms with Crippen molar-refractivity contribution in [3.63, 3.8) is 0 Å². The summed E-state index contributed by atoms with van der Waals surface area (Å²) in [5, 5.41) is 0. The first-order valence-corrected chi connectivity index (χ1v) is 7.02. The molecule has 1 amide bonds. The van der Waals surface area contributed by atoms with Crippen LogP contribution in [-0.4, -0.2) is 12.5 Å². The molecule has 0 atom stereocenters. The fourth-order valence-corrected chi connectivity index (χ4v) is 1.80. The van der Waals surface area contributed by atoms with Gasteiger partial charge in [0.25, 0.3) is 5.91 Å². The topological polar surface area (TPSA) is 52.3 Å². The molecule has 0 fully saturated rings. The minimum Gasteiger partial charge on any atom is -0.490 e. The summed E-state index contributed by atoms with van der Waals surface area (Å²) in [5.74, 6) is -0.980. The summed E-state index contributed by atoms with van der Waals surface area (Å²) in [4.78, 5) is 11.0. The average molecular weight is 279 g/mol. The van der Waals surface area contributed by atoms with Gasteiger partial charge in [0.1, 0.15) is 18.2 Å². The first kappa shape index (κ1) is 16.2. The Morgan fingerprint density at radius 2 is 2.10 bits per heavy atom. The van der Waals surface area contributed by atoms with Crippen molar-refractivity contribution in [2.45, 2.75) is 39.0 Å². The van der Waals surface area contributed by atoms with Gasteiger partial charge in [-0.3, -0.25) is 4.79 Å². The zero-order valence-corrected chi connectivity index (χ0v) is 11.9. The van der Waals surface area contributed by atoms with Gasteiger partial charge in [0.15, 0.2) is 0 Å². The minimum atomic E-state index is -0.792. The van der Waals surface area contributed by atoms with E-state index < -0.39 is 11.7 Å². The van der Waals surface area contributed by atoms with Crippen LogP contribution in [0.25, 0.3) is 0 Å². The molecule has 4 heteroatoms. The Morgan fingerprint density at radius 1 is 1.30 bits per heavy atom. The molecule has 0 saturated heterocycles. The lowest BCUT2D eigenvalue weighted by Gasteiger charge is -2.05. The SMILES string of the molecule is CCCCCCC=CCOc1ccc(F)c(C(N)=O)c1. The van der Waals surface area contributed by atoms with Crippen molar-refractivity contribution < 1.29 is 13.9 Å². The molecule has 0 spiro atoms. The van der Waals surface area contributed by atoms with Crippen LogP contribution in [0.4, 0.5) is 4.39 Å². The van der Waals surface area contributed by atoms with Crippen LogP contribution in [0.15, 0.2) is 30.4 Å². The number of benzene rings is 1. The van der Waals surface area contributed by atoms with Crippen LogP contribution in [0.2, 0.25) is 0 Å². The molecule has 0 aliphatic rings. The summed E-state index contributed by atoms with van der Waals surface area (Å²) in [5.41, 5.74) is 4.92. The molecule has 0 unspecified atom stereocenters. The minimum absolute atomic E-state index is 0.147. The van der Waals surface area contributed by atoms with Gasteiger partial charge in [-0.15, -0.1) is 0 Å². The summed E-state index contributed by atoms with van der Waals surface area (Å²) in [6.45, 7) is 2.59. The Hall–Kier alpha value is -1.84. The Labute approximate surface area is 119 Å². The van der Waals surface area contributed by atoms with E-state index in [2.05, 4.69) is 13.0 Å². The third kappa shape index (κ3) is 5.87. The molecule has 1 aromatic carbocycles. The number of unbranched alkanes of at least 4 members (excludes halogenated alkanes) is 4. The summed E-state index contributed by atoms with van der Waals surface area (Å²) in [7, 11) is 0. The summed E-state index contributed by atoms with van der Waals surface area (Å²) >= 11 is 0. The molecule has 0 radical (unpaired) electrons. The molecule has 2 N–H and O–H groups in total. The highest BCUT2D eigenvalue weighted by molar-refractivity contribution is 5.93. The molecule has 0 heterocycles. The van der Waals surface area contributed by atoms with Crippen molar-refractivity contribution in [2.75, 3.05) is 6.61 Å². The summed E-state index contributed by atoms with van der Waals surface area (Å²) in [6.07, 6.45) is 10.00. The Kier molecular flexibility index (Phi) is 7.40. The second-order valence-corrected chi connectivity index (χ2v) is 4.64. The van der Waals surface area contributed by atoms with E-state index in [0.717, 1.165) is 6.42 Å². The lowest BCUT2D eigenvalue weighted by molar-refractivity contribution is 0.0996. The van der Waals surface area contributed by atoms with E-state index >= 15 is 0 Å². The van der Waals surface area contributed by atoms with Gasteiger partial charge in [-0.25, -0.2) is 4.39 Å². The smallest absolute Gasteiger partial charge is 0.251 e. The lowest BCUT2D eigenvalue weighted by atomic mass is 10.1. The van der Waals surface area contributed by atoms with Gasteiger partial charge in [0.2, 0.25) is 0 Å². The number of carbonyl (C=O) groups is 1. The second-order valence-electron chi connectivity index (χ2n) is 4.64.